The van der Waals surface area contributed by atoms with Gasteiger partial charge in [0.05, 0.1) is 108 Å². The summed E-state index contributed by atoms with van der Waals surface area (Å²) in [5.74, 6) is 10.5. The summed E-state index contributed by atoms with van der Waals surface area (Å²) in [6, 6.07) is 41.5. The lowest BCUT2D eigenvalue weighted by Crippen LogP contribution is -2.21. The van der Waals surface area contributed by atoms with Gasteiger partial charge in [-0.15, -0.1) is 0 Å². The fraction of sp³-hybridized carbons (Fsp3) is 0.204. The third-order valence-electron chi connectivity index (χ3n) is 25.1. The number of ether oxygens (including phenoxy) is 9. The number of rotatable bonds is 12. The molecule has 0 radical (unpaired) electrons. The van der Waals surface area contributed by atoms with Gasteiger partial charge < -0.3 is 72.9 Å². The van der Waals surface area contributed by atoms with Gasteiger partial charge in [-0.2, -0.15) is 57.7 Å². The molecule has 12 atom stereocenters. The molecule has 27 rings (SSSR count). The Hall–Kier alpha value is -15.8. The average molecular weight is 1850 g/mol. The highest BCUT2D eigenvalue weighted by Crippen LogP contribution is 2.68. The molecule has 9 aromatic heterocycles. The second-order valence-electron chi connectivity index (χ2n) is 33.3. The number of anilines is 2. The van der Waals surface area contributed by atoms with Crippen LogP contribution in [0.1, 0.15) is 133 Å². The van der Waals surface area contributed by atoms with E-state index < -0.39 is 53.1 Å². The maximum absolute atomic E-state index is 13.1. The number of hydrogen-bond acceptors (Lipinski definition) is 21. The lowest BCUT2D eigenvalue weighted by atomic mass is 10.1. The molecular formula is C93H58ClF12N17O11. The van der Waals surface area contributed by atoms with E-state index in [1.165, 1.54) is 49.3 Å². The van der Waals surface area contributed by atoms with Crippen molar-refractivity contribution in [3.05, 3.63) is 285 Å². The average Bonchev–Trinajstić information content (AvgIpc) is 1.55. The van der Waals surface area contributed by atoms with E-state index in [4.69, 9.17) is 54.2 Å². The molecule has 12 unspecified atom stereocenters. The normalized spacial score (nSPS) is 21.7. The van der Waals surface area contributed by atoms with Gasteiger partial charge in [-0.25, -0.2) is 44.7 Å². The Morgan fingerprint density at radius 1 is 0.388 bits per heavy atom. The molecule has 0 bridgehead atoms. The number of alkyl halides is 12. The molecule has 10 aliphatic rings. The number of nitrogens with one attached hydrogen (secondary N) is 7. The number of nitrogens with zero attached hydrogens (tertiary/aromatic N) is 10. The van der Waals surface area contributed by atoms with Gasteiger partial charge in [0.1, 0.15) is 140 Å². The summed E-state index contributed by atoms with van der Waals surface area (Å²) in [5, 5.41) is 5.61. The number of H-pyrrole nitrogens is 5. The molecule has 41 heteroatoms. The predicted octanol–water partition coefficient (Wildman–Crippen LogP) is 21.5. The first-order valence-corrected chi connectivity index (χ1v) is 42.1. The Morgan fingerprint density at radius 3 is 1.25 bits per heavy atom. The first-order valence-electron chi connectivity index (χ1n) is 41.7. The van der Waals surface area contributed by atoms with Gasteiger partial charge in [-0.05, 0) is 170 Å². The van der Waals surface area contributed by atoms with E-state index in [-0.39, 0.29) is 84.3 Å². The van der Waals surface area contributed by atoms with Crippen LogP contribution in [0.25, 0.3) is 55.3 Å². The van der Waals surface area contributed by atoms with Crippen LogP contribution in [0.2, 0.25) is 5.02 Å². The number of aromatic nitrogens is 15. The molecule has 8 aromatic carbocycles. The Labute approximate surface area is 747 Å². The highest BCUT2D eigenvalue weighted by atomic mass is 35.5. The molecule has 7 N–H and O–H groups in total. The minimum atomic E-state index is -4.42. The molecule has 28 nitrogen and oxygen atoms in total. The number of hydrogen-bond donors (Lipinski definition) is 7. The lowest BCUT2D eigenvalue weighted by Gasteiger charge is -2.20. The van der Waals surface area contributed by atoms with Crippen molar-refractivity contribution in [3.63, 3.8) is 0 Å². The van der Waals surface area contributed by atoms with Gasteiger partial charge in [-0.3, -0.25) is 15.1 Å². The summed E-state index contributed by atoms with van der Waals surface area (Å²) in [5.41, 5.74) is 6.87. The number of benzene rings is 8. The summed E-state index contributed by atoms with van der Waals surface area (Å²) >= 11 is 6.38. The fourth-order valence-corrected chi connectivity index (χ4v) is 18.8. The Bertz CT molecular complexity index is 7740. The van der Waals surface area contributed by atoms with Crippen molar-refractivity contribution < 1.29 is 105 Å². The molecular weight excluding hydrogens is 1790 g/mol. The van der Waals surface area contributed by atoms with Crippen molar-refractivity contribution in [2.45, 2.75) is 116 Å². The van der Waals surface area contributed by atoms with Crippen molar-refractivity contribution in [1.29, 1.82) is 0 Å². The van der Waals surface area contributed by atoms with Gasteiger partial charge in [0.25, 0.3) is 0 Å². The standard InChI is InChI=1S/C25H16ClF3N4O3.C24H15F3N4O4.C22H13F3N6O2.C22H14F3N3O2/c26-14-9-30-23-12(3-6-18(34)33-23)21(14)35-11-2-5-17-13(8-11)19-20(22(19)36-17)24-31-15-4-1-10(25(27,28)29)7-16(15)32-24;25-24(26,27)10-1-3-14-15(7-10)30-22(29-14)19-18-12-8-11(2-4-16(12)35-20(18)19)34-17-5-6-28-21-13(17)9-33-23(32)31-21;23-22(24,25)9-1-3-12-13(5-9)31-19(30-12)16-15-11-6-10(2-4-14(11)33-18(15)16)32-21-17-20(27-7-26-17)28-8-29-21;23-22(24,25)11-1-3-15-16(9-11)28-21(27-15)19-18-14-10-13(2-4-17(14)30-20(18)19)29-12-5-7-26-8-6-12/h1-2,4-5,7-9,19-20,22H,3,6H2,(H,31,32)(H,30,33,34);1-8,18-20H,9H2,(H,29,30)(H,28,31,32);1-8,15-16,18H,(H,30,31)(H,26,27,28,29);1-10,18-20H,(H,27,28). The SMILES string of the molecule is FC(F)(F)c1ccc2nc(C3C4Oc5ccc(Oc6ccncc6)cc5C43)[nH]c2c1.FC(F)(F)c1ccc2nc(C3C4Oc5ccc(Oc6ncnc7nc[nH]c67)cc5C43)[nH]c2c1.O=C1CCc2c(ncc(Cl)c2Oc2ccc3c(c2)C2C(O3)C2c2nc3ccc(C(F)(F)F)cc3[nH]2)N1.O=C1Nc2nccc(Oc3ccc4c(c3)C3C(O4)C3c3nc4ccc(C(F)(F)F)cc4[nH]3)c2CO1. The number of amides is 2. The zero-order valence-corrected chi connectivity index (χ0v) is 68.7. The van der Waals surface area contributed by atoms with Gasteiger partial charge in [0.2, 0.25) is 11.8 Å². The monoisotopic (exact) mass is 1850 g/mol. The quantitative estimate of drug-likeness (QED) is 0.0559. The third-order valence-corrected chi connectivity index (χ3v) is 25.3. The molecule has 134 heavy (non-hydrogen) atoms. The molecule has 4 fully saturated rings. The van der Waals surface area contributed by atoms with Crippen molar-refractivity contribution >= 4 is 90.5 Å². The number of aromatic amines is 5. The highest BCUT2D eigenvalue weighted by Gasteiger charge is 2.64. The Morgan fingerprint density at radius 2 is 0.806 bits per heavy atom. The summed E-state index contributed by atoms with van der Waals surface area (Å²) < 4.78 is 210. The zero-order valence-electron chi connectivity index (χ0n) is 68.0. The van der Waals surface area contributed by atoms with E-state index >= 15 is 0 Å². The molecule has 4 aliphatic carbocycles. The van der Waals surface area contributed by atoms with Crippen LogP contribution in [0.4, 0.5) is 69.1 Å². The number of halogens is 13. The van der Waals surface area contributed by atoms with Crippen LogP contribution in [0.3, 0.4) is 0 Å². The number of imidazole rings is 5. The van der Waals surface area contributed by atoms with Crippen LogP contribution in [0.5, 0.6) is 69.1 Å². The number of carbonyl (C=O) groups excluding carboxylic acids is 2. The van der Waals surface area contributed by atoms with E-state index in [2.05, 4.69) is 85.4 Å². The maximum Gasteiger partial charge on any atom is 0.416 e. The largest absolute Gasteiger partial charge is 0.489 e. The number of cyclic esters (lactones) is 1. The van der Waals surface area contributed by atoms with Gasteiger partial charge in [0, 0.05) is 76.5 Å². The van der Waals surface area contributed by atoms with E-state index in [1.807, 2.05) is 54.6 Å². The minimum absolute atomic E-state index is 0.00677. The summed E-state index contributed by atoms with van der Waals surface area (Å²) in [6.07, 6.45) is -8.69. The van der Waals surface area contributed by atoms with Crippen LogP contribution in [0.15, 0.2) is 201 Å². The highest BCUT2D eigenvalue weighted by molar-refractivity contribution is 6.32. The van der Waals surface area contributed by atoms with Gasteiger partial charge in [-0.1, -0.05) is 11.6 Å². The topological polar surface area (TPSA) is 349 Å². The van der Waals surface area contributed by atoms with Crippen molar-refractivity contribution in [2.24, 2.45) is 0 Å². The van der Waals surface area contributed by atoms with E-state index in [0.717, 1.165) is 99.3 Å². The predicted molar refractivity (Wildman–Crippen MR) is 450 cm³/mol. The second-order valence-corrected chi connectivity index (χ2v) is 33.7. The van der Waals surface area contributed by atoms with E-state index in [1.54, 1.807) is 48.8 Å². The molecule has 672 valence electrons. The minimum Gasteiger partial charge on any atom is -0.489 e. The summed E-state index contributed by atoms with van der Waals surface area (Å²) in [4.78, 5) is 81.0. The van der Waals surface area contributed by atoms with E-state index in [9.17, 15) is 62.3 Å². The molecule has 0 saturated heterocycles. The first-order chi connectivity index (χ1) is 64.5. The zero-order chi connectivity index (χ0) is 91.4. The van der Waals surface area contributed by atoms with Crippen LogP contribution in [0, 0.1) is 0 Å². The van der Waals surface area contributed by atoms with Crippen molar-refractivity contribution in [2.75, 3.05) is 10.6 Å². The third kappa shape index (κ3) is 14.6. The second kappa shape index (κ2) is 30.1. The van der Waals surface area contributed by atoms with Gasteiger partial charge >= 0.3 is 30.8 Å². The molecule has 0 spiro atoms. The van der Waals surface area contributed by atoms with Gasteiger partial charge in [0.15, 0.2) is 11.4 Å². The Balaban J connectivity index is 0.0000000983. The Kier molecular flexibility index (Phi) is 18.3. The molecule has 4 saturated carbocycles. The van der Waals surface area contributed by atoms with Crippen LogP contribution >= 0.6 is 11.6 Å². The maximum atomic E-state index is 13.1. The fourth-order valence-electron chi connectivity index (χ4n) is 18.6. The van der Waals surface area contributed by atoms with Crippen molar-refractivity contribution in [3.8, 4) is 69.1 Å². The summed E-state index contributed by atoms with van der Waals surface area (Å²) in [7, 11) is 0. The summed E-state index contributed by atoms with van der Waals surface area (Å²) in [6.45, 7) is 0.0489. The van der Waals surface area contributed by atoms with Crippen molar-refractivity contribution in [1.82, 2.24) is 74.8 Å². The first kappa shape index (κ1) is 81.5. The molecule has 15 heterocycles. The van der Waals surface area contributed by atoms with E-state index in [0.29, 0.717) is 160 Å². The van der Waals surface area contributed by atoms with Crippen LogP contribution < -0.4 is 48.5 Å². The lowest BCUT2D eigenvalue weighted by molar-refractivity contribution is -0.138. The number of pyridine rings is 3. The smallest absolute Gasteiger partial charge is 0.416 e. The number of fused-ring (bicyclic) bond motifs is 19. The molecule has 2 amide bonds. The number of carbonyl (C=O) groups is 2. The molecule has 6 aliphatic heterocycles. The molecule has 17 aromatic rings. The van der Waals surface area contributed by atoms with Crippen LogP contribution in [-0.2, 0) is 47.3 Å². The van der Waals surface area contributed by atoms with Crippen LogP contribution in [-0.4, -0.2) is 111 Å².